The summed E-state index contributed by atoms with van der Waals surface area (Å²) >= 11 is 0. The van der Waals surface area contributed by atoms with E-state index in [0.717, 1.165) is 42.3 Å². The van der Waals surface area contributed by atoms with Gasteiger partial charge in [0.05, 0.1) is 18.1 Å². The van der Waals surface area contributed by atoms with Crippen molar-refractivity contribution >= 4 is 6.08 Å². The number of H-pyrrole nitrogens is 1. The summed E-state index contributed by atoms with van der Waals surface area (Å²) in [6.45, 7) is 6.00. The zero-order valence-corrected chi connectivity index (χ0v) is 15.0. The number of ether oxygens (including phenoxy) is 2. The summed E-state index contributed by atoms with van der Waals surface area (Å²) in [7, 11) is 0. The molecule has 2 aliphatic rings. The highest BCUT2D eigenvalue weighted by molar-refractivity contribution is 5.50. The SMILES string of the molecule is C=Cc1cccc(C2c3nc[nH]c3CCN2Cc2ccc3c(c2)OCO3)c1. The Hall–Kier alpha value is -3.05. The molecule has 5 heteroatoms. The quantitative estimate of drug-likeness (QED) is 0.767. The molecule has 3 aromatic rings. The lowest BCUT2D eigenvalue weighted by Gasteiger charge is -2.35. The van der Waals surface area contributed by atoms with Gasteiger partial charge in [-0.05, 0) is 34.9 Å². The second-order valence-corrected chi connectivity index (χ2v) is 6.95. The minimum Gasteiger partial charge on any atom is -0.454 e. The molecule has 2 aliphatic heterocycles. The Kier molecular flexibility index (Phi) is 3.94. The first-order chi connectivity index (χ1) is 13.3. The van der Waals surface area contributed by atoms with Gasteiger partial charge in [0.1, 0.15) is 0 Å². The molecule has 0 saturated carbocycles. The highest BCUT2D eigenvalue weighted by Crippen LogP contribution is 2.37. The molecule has 1 atom stereocenters. The molecule has 5 rings (SSSR count). The van der Waals surface area contributed by atoms with E-state index in [2.05, 4.69) is 57.8 Å². The van der Waals surface area contributed by atoms with E-state index in [0.29, 0.717) is 6.79 Å². The van der Waals surface area contributed by atoms with Crippen LogP contribution in [0, 0.1) is 0 Å². The zero-order chi connectivity index (χ0) is 18.2. The van der Waals surface area contributed by atoms with Gasteiger partial charge in [-0.1, -0.05) is 36.9 Å². The van der Waals surface area contributed by atoms with Crippen molar-refractivity contribution in [3.05, 3.63) is 83.4 Å². The molecule has 1 N–H and O–H groups in total. The fraction of sp³-hybridized carbons (Fsp3) is 0.227. The predicted molar refractivity (Wildman–Crippen MR) is 104 cm³/mol. The van der Waals surface area contributed by atoms with Crippen LogP contribution in [0.25, 0.3) is 6.08 Å². The average Bonchev–Trinajstić information content (AvgIpc) is 3.36. The standard InChI is InChI=1S/C22H21N3O2/c1-2-15-4-3-5-17(10-15)22-21-18(23-13-24-21)8-9-25(22)12-16-6-7-19-20(11-16)27-14-26-19/h2-7,10-11,13,22H,1,8-9,12,14H2,(H,23,24). The topological polar surface area (TPSA) is 50.4 Å². The lowest BCUT2D eigenvalue weighted by Crippen LogP contribution is -2.35. The first-order valence-electron chi connectivity index (χ1n) is 9.19. The third-order valence-corrected chi connectivity index (χ3v) is 5.31. The van der Waals surface area contributed by atoms with Crippen molar-refractivity contribution in [2.75, 3.05) is 13.3 Å². The summed E-state index contributed by atoms with van der Waals surface area (Å²) in [6.07, 6.45) is 4.66. The molecule has 3 heterocycles. The molecule has 0 fully saturated rings. The monoisotopic (exact) mass is 359 g/mol. The second-order valence-electron chi connectivity index (χ2n) is 6.95. The van der Waals surface area contributed by atoms with Crippen LogP contribution >= 0.6 is 0 Å². The van der Waals surface area contributed by atoms with Gasteiger partial charge in [0.15, 0.2) is 11.5 Å². The van der Waals surface area contributed by atoms with E-state index in [1.807, 2.05) is 12.1 Å². The minimum atomic E-state index is 0.116. The van der Waals surface area contributed by atoms with Crippen LogP contribution in [-0.2, 0) is 13.0 Å². The van der Waals surface area contributed by atoms with E-state index in [4.69, 9.17) is 9.47 Å². The van der Waals surface area contributed by atoms with Crippen molar-refractivity contribution in [1.82, 2.24) is 14.9 Å². The summed E-state index contributed by atoms with van der Waals surface area (Å²) in [4.78, 5) is 10.4. The van der Waals surface area contributed by atoms with Crippen LogP contribution in [0.1, 0.15) is 34.1 Å². The van der Waals surface area contributed by atoms with E-state index < -0.39 is 0 Å². The van der Waals surface area contributed by atoms with E-state index in [-0.39, 0.29) is 6.04 Å². The molecule has 0 radical (unpaired) electrons. The second kappa shape index (κ2) is 6.59. The molecule has 0 saturated heterocycles. The van der Waals surface area contributed by atoms with Gasteiger partial charge >= 0.3 is 0 Å². The average molecular weight is 359 g/mol. The van der Waals surface area contributed by atoms with Crippen molar-refractivity contribution in [1.29, 1.82) is 0 Å². The minimum absolute atomic E-state index is 0.116. The van der Waals surface area contributed by atoms with Crippen LogP contribution in [-0.4, -0.2) is 28.2 Å². The predicted octanol–water partition coefficient (Wildman–Crippen LogP) is 3.93. The van der Waals surface area contributed by atoms with E-state index in [9.17, 15) is 0 Å². The number of fused-ring (bicyclic) bond motifs is 2. The Morgan fingerprint density at radius 1 is 1.19 bits per heavy atom. The van der Waals surface area contributed by atoms with Crippen LogP contribution in [0.5, 0.6) is 11.5 Å². The summed E-state index contributed by atoms with van der Waals surface area (Å²) in [5.74, 6) is 1.65. The lowest BCUT2D eigenvalue weighted by molar-refractivity contribution is 0.173. The van der Waals surface area contributed by atoms with Gasteiger partial charge in [0, 0.05) is 25.2 Å². The largest absolute Gasteiger partial charge is 0.454 e. The number of benzene rings is 2. The number of nitrogens with one attached hydrogen (secondary N) is 1. The van der Waals surface area contributed by atoms with Gasteiger partial charge in [-0.15, -0.1) is 0 Å². The highest BCUT2D eigenvalue weighted by Gasteiger charge is 2.31. The Balaban J connectivity index is 1.51. The summed E-state index contributed by atoms with van der Waals surface area (Å²) in [5, 5.41) is 0. The third-order valence-electron chi connectivity index (χ3n) is 5.31. The van der Waals surface area contributed by atoms with Gasteiger partial charge in [-0.25, -0.2) is 4.98 Å². The van der Waals surface area contributed by atoms with Gasteiger partial charge < -0.3 is 14.5 Å². The highest BCUT2D eigenvalue weighted by atomic mass is 16.7. The van der Waals surface area contributed by atoms with Crippen molar-refractivity contribution in [3.8, 4) is 11.5 Å². The number of aromatic amines is 1. The van der Waals surface area contributed by atoms with Crippen molar-refractivity contribution in [2.45, 2.75) is 19.0 Å². The number of rotatable bonds is 4. The van der Waals surface area contributed by atoms with Gasteiger partial charge in [-0.3, -0.25) is 4.90 Å². The summed E-state index contributed by atoms with van der Waals surface area (Å²) in [5.41, 5.74) is 5.91. The molecule has 2 aromatic carbocycles. The fourth-order valence-corrected chi connectivity index (χ4v) is 3.99. The summed E-state index contributed by atoms with van der Waals surface area (Å²) < 4.78 is 11.0. The van der Waals surface area contributed by atoms with E-state index in [1.54, 1.807) is 6.33 Å². The number of hydrogen-bond acceptors (Lipinski definition) is 4. The number of nitrogens with zero attached hydrogens (tertiary/aromatic N) is 2. The first-order valence-corrected chi connectivity index (χ1v) is 9.19. The maximum absolute atomic E-state index is 5.54. The maximum atomic E-state index is 5.54. The lowest BCUT2D eigenvalue weighted by atomic mass is 9.94. The van der Waals surface area contributed by atoms with Crippen molar-refractivity contribution in [2.24, 2.45) is 0 Å². The van der Waals surface area contributed by atoms with Crippen LogP contribution in [0.3, 0.4) is 0 Å². The molecule has 5 nitrogen and oxygen atoms in total. The molecular formula is C22H21N3O2. The van der Waals surface area contributed by atoms with Gasteiger partial charge in [0.2, 0.25) is 6.79 Å². The van der Waals surface area contributed by atoms with Crippen molar-refractivity contribution in [3.63, 3.8) is 0 Å². The van der Waals surface area contributed by atoms with Gasteiger partial charge in [-0.2, -0.15) is 0 Å². The Labute approximate surface area is 158 Å². The molecule has 136 valence electrons. The van der Waals surface area contributed by atoms with Crippen LogP contribution < -0.4 is 9.47 Å². The Morgan fingerprint density at radius 3 is 3.04 bits per heavy atom. The zero-order valence-electron chi connectivity index (χ0n) is 15.0. The normalized spacial score (nSPS) is 18.3. The number of hydrogen-bond donors (Lipinski definition) is 1. The van der Waals surface area contributed by atoms with Gasteiger partial charge in [0.25, 0.3) is 0 Å². The number of imidazole rings is 1. The summed E-state index contributed by atoms with van der Waals surface area (Å²) in [6, 6.07) is 14.9. The van der Waals surface area contributed by atoms with Crippen LogP contribution in [0.4, 0.5) is 0 Å². The molecule has 0 aliphatic carbocycles. The van der Waals surface area contributed by atoms with Crippen molar-refractivity contribution < 1.29 is 9.47 Å². The fourth-order valence-electron chi connectivity index (χ4n) is 3.99. The van der Waals surface area contributed by atoms with E-state index in [1.165, 1.54) is 16.8 Å². The Morgan fingerprint density at radius 2 is 2.11 bits per heavy atom. The van der Waals surface area contributed by atoms with Crippen LogP contribution in [0.2, 0.25) is 0 Å². The first kappa shape index (κ1) is 16.1. The molecular weight excluding hydrogens is 338 g/mol. The molecule has 0 spiro atoms. The maximum Gasteiger partial charge on any atom is 0.231 e. The molecule has 0 amide bonds. The van der Waals surface area contributed by atoms with E-state index >= 15 is 0 Å². The third kappa shape index (κ3) is 2.90. The molecule has 27 heavy (non-hydrogen) atoms. The molecule has 1 aromatic heterocycles. The molecule has 0 bridgehead atoms. The Bertz CT molecular complexity index is 995. The number of aromatic nitrogens is 2. The molecule has 1 unspecified atom stereocenters. The smallest absolute Gasteiger partial charge is 0.231 e. The van der Waals surface area contributed by atoms with Crippen LogP contribution in [0.15, 0.2) is 55.4 Å².